The third-order valence-electron chi connectivity index (χ3n) is 3.86. The van der Waals surface area contributed by atoms with Crippen molar-refractivity contribution in [1.82, 2.24) is 0 Å². The Morgan fingerprint density at radius 2 is 1.50 bits per heavy atom. The zero-order valence-corrected chi connectivity index (χ0v) is 8.29. The Labute approximate surface area is 76.1 Å². The maximum absolute atomic E-state index is 2.39. The van der Waals surface area contributed by atoms with E-state index < -0.39 is 0 Å². The Hall–Kier alpha value is -0.260. The first-order valence-corrected chi connectivity index (χ1v) is 5.42. The van der Waals surface area contributed by atoms with E-state index in [1.54, 1.807) is 0 Å². The zero-order chi connectivity index (χ0) is 8.55. The van der Waals surface area contributed by atoms with Gasteiger partial charge in [-0.2, -0.15) is 0 Å². The van der Waals surface area contributed by atoms with Gasteiger partial charge in [-0.25, -0.2) is 0 Å². The Balaban J connectivity index is 1.98. The summed E-state index contributed by atoms with van der Waals surface area (Å²) >= 11 is 0. The third kappa shape index (κ3) is 1.44. The quantitative estimate of drug-likeness (QED) is 0.519. The summed E-state index contributed by atoms with van der Waals surface area (Å²) in [6.45, 7) is 4.77. The monoisotopic (exact) mass is 164 g/mol. The summed E-state index contributed by atoms with van der Waals surface area (Å²) in [6.07, 6.45) is 10.5. The Morgan fingerprint density at radius 1 is 1.00 bits per heavy atom. The van der Waals surface area contributed by atoms with Crippen molar-refractivity contribution >= 4 is 0 Å². The van der Waals surface area contributed by atoms with Gasteiger partial charge in [0.2, 0.25) is 0 Å². The van der Waals surface area contributed by atoms with E-state index in [9.17, 15) is 0 Å². The van der Waals surface area contributed by atoms with Crippen LogP contribution in [0.25, 0.3) is 0 Å². The highest BCUT2D eigenvalue weighted by atomic mass is 14.4. The Morgan fingerprint density at radius 3 is 1.92 bits per heavy atom. The molecule has 68 valence electrons. The van der Waals surface area contributed by atoms with Gasteiger partial charge < -0.3 is 0 Å². The van der Waals surface area contributed by atoms with Gasteiger partial charge in [0, 0.05) is 0 Å². The summed E-state index contributed by atoms with van der Waals surface area (Å²) in [6, 6.07) is 0. The first kappa shape index (κ1) is 8.34. The van der Waals surface area contributed by atoms with Crippen molar-refractivity contribution in [1.29, 1.82) is 0 Å². The molecule has 0 spiro atoms. The largest absolute Gasteiger partial charge is 0.0882 e. The SMILES string of the molecule is CC(C)C1CC2CC=CCC2C1. The molecular formula is C12H20. The molecule has 0 aromatic rings. The van der Waals surface area contributed by atoms with E-state index >= 15 is 0 Å². The van der Waals surface area contributed by atoms with Crippen LogP contribution in [0.2, 0.25) is 0 Å². The van der Waals surface area contributed by atoms with Crippen LogP contribution in [0.5, 0.6) is 0 Å². The van der Waals surface area contributed by atoms with Crippen molar-refractivity contribution in [2.75, 3.05) is 0 Å². The van der Waals surface area contributed by atoms with Crippen molar-refractivity contribution in [3.8, 4) is 0 Å². The molecule has 1 fully saturated rings. The standard InChI is InChI=1S/C12H20/c1-9(2)12-7-10-5-3-4-6-11(10)8-12/h3-4,9-12H,5-8H2,1-2H3. The van der Waals surface area contributed by atoms with E-state index in [2.05, 4.69) is 26.0 Å². The lowest BCUT2D eigenvalue weighted by atomic mass is 9.86. The van der Waals surface area contributed by atoms with Gasteiger partial charge in [-0.05, 0) is 49.4 Å². The summed E-state index contributed by atoms with van der Waals surface area (Å²) in [5, 5.41) is 0. The molecular weight excluding hydrogens is 144 g/mol. The molecule has 0 radical (unpaired) electrons. The van der Waals surface area contributed by atoms with Crippen LogP contribution in [0.3, 0.4) is 0 Å². The van der Waals surface area contributed by atoms with Gasteiger partial charge in [0.1, 0.15) is 0 Å². The van der Waals surface area contributed by atoms with Crippen LogP contribution < -0.4 is 0 Å². The number of allylic oxidation sites excluding steroid dienone is 2. The van der Waals surface area contributed by atoms with Crippen molar-refractivity contribution in [2.45, 2.75) is 39.5 Å². The normalized spacial score (nSPS) is 40.4. The van der Waals surface area contributed by atoms with Gasteiger partial charge in [-0.3, -0.25) is 0 Å². The van der Waals surface area contributed by atoms with Gasteiger partial charge in [-0.15, -0.1) is 0 Å². The highest BCUT2D eigenvalue weighted by Gasteiger charge is 2.34. The topological polar surface area (TPSA) is 0 Å². The zero-order valence-electron chi connectivity index (χ0n) is 8.29. The predicted octanol–water partition coefficient (Wildman–Crippen LogP) is 3.63. The molecule has 0 aliphatic heterocycles. The fourth-order valence-electron chi connectivity index (χ4n) is 2.92. The van der Waals surface area contributed by atoms with Crippen LogP contribution in [0.15, 0.2) is 12.2 Å². The van der Waals surface area contributed by atoms with Crippen LogP contribution in [0, 0.1) is 23.7 Å². The molecule has 2 unspecified atom stereocenters. The molecule has 12 heavy (non-hydrogen) atoms. The average Bonchev–Trinajstić information content (AvgIpc) is 2.46. The average molecular weight is 164 g/mol. The first-order chi connectivity index (χ1) is 5.77. The predicted molar refractivity (Wildman–Crippen MR) is 52.9 cm³/mol. The molecule has 0 bridgehead atoms. The summed E-state index contributed by atoms with van der Waals surface area (Å²) in [4.78, 5) is 0. The molecule has 2 rings (SSSR count). The minimum absolute atomic E-state index is 0.913. The number of hydrogen-bond acceptors (Lipinski definition) is 0. The Kier molecular flexibility index (Phi) is 2.25. The molecule has 1 saturated carbocycles. The van der Waals surface area contributed by atoms with Crippen molar-refractivity contribution in [2.24, 2.45) is 23.7 Å². The molecule has 0 aromatic carbocycles. The number of fused-ring (bicyclic) bond motifs is 1. The van der Waals surface area contributed by atoms with Crippen LogP contribution in [0.4, 0.5) is 0 Å². The molecule has 0 saturated heterocycles. The van der Waals surface area contributed by atoms with Gasteiger partial charge in [-0.1, -0.05) is 26.0 Å². The molecule has 2 aliphatic rings. The van der Waals surface area contributed by atoms with Crippen LogP contribution in [-0.4, -0.2) is 0 Å². The summed E-state index contributed by atoms with van der Waals surface area (Å²) < 4.78 is 0. The fourth-order valence-corrected chi connectivity index (χ4v) is 2.92. The highest BCUT2D eigenvalue weighted by Crippen LogP contribution is 2.45. The molecule has 0 aromatic heterocycles. The molecule has 0 N–H and O–H groups in total. The first-order valence-electron chi connectivity index (χ1n) is 5.42. The summed E-state index contributed by atoms with van der Waals surface area (Å²) in [5.74, 6) is 4.03. The molecule has 2 atom stereocenters. The van der Waals surface area contributed by atoms with Crippen LogP contribution in [-0.2, 0) is 0 Å². The van der Waals surface area contributed by atoms with Gasteiger partial charge in [0.15, 0.2) is 0 Å². The van der Waals surface area contributed by atoms with Crippen LogP contribution in [0.1, 0.15) is 39.5 Å². The molecule has 0 nitrogen and oxygen atoms in total. The van der Waals surface area contributed by atoms with Gasteiger partial charge in [0.05, 0.1) is 0 Å². The van der Waals surface area contributed by atoms with Crippen molar-refractivity contribution in [3.63, 3.8) is 0 Å². The van der Waals surface area contributed by atoms with E-state index in [1.807, 2.05) is 0 Å². The third-order valence-corrected chi connectivity index (χ3v) is 3.86. The second-order valence-corrected chi connectivity index (χ2v) is 4.94. The maximum atomic E-state index is 2.39. The number of hydrogen-bond donors (Lipinski definition) is 0. The molecule has 0 heteroatoms. The number of rotatable bonds is 1. The maximum Gasteiger partial charge on any atom is -0.0319 e. The van der Waals surface area contributed by atoms with E-state index in [4.69, 9.17) is 0 Å². The molecule has 0 heterocycles. The van der Waals surface area contributed by atoms with Crippen LogP contribution >= 0.6 is 0 Å². The lowest BCUT2D eigenvalue weighted by Crippen LogP contribution is -2.08. The van der Waals surface area contributed by atoms with Crippen molar-refractivity contribution < 1.29 is 0 Å². The van der Waals surface area contributed by atoms with E-state index in [-0.39, 0.29) is 0 Å². The van der Waals surface area contributed by atoms with E-state index in [0.29, 0.717) is 0 Å². The molecule has 2 aliphatic carbocycles. The summed E-state index contributed by atoms with van der Waals surface area (Å²) in [5.41, 5.74) is 0. The lowest BCUT2D eigenvalue weighted by molar-refractivity contribution is 0.379. The minimum atomic E-state index is 0.913. The van der Waals surface area contributed by atoms with Crippen molar-refractivity contribution in [3.05, 3.63) is 12.2 Å². The Bertz CT molecular complexity index is 162. The highest BCUT2D eigenvalue weighted by molar-refractivity contribution is 4.99. The van der Waals surface area contributed by atoms with Gasteiger partial charge in [0.25, 0.3) is 0 Å². The fraction of sp³-hybridized carbons (Fsp3) is 0.833. The van der Waals surface area contributed by atoms with Gasteiger partial charge >= 0.3 is 0 Å². The molecule has 0 amide bonds. The lowest BCUT2D eigenvalue weighted by Gasteiger charge is -2.19. The second-order valence-electron chi connectivity index (χ2n) is 4.94. The van der Waals surface area contributed by atoms with E-state index in [0.717, 1.165) is 23.7 Å². The second kappa shape index (κ2) is 3.24. The minimum Gasteiger partial charge on any atom is -0.0882 e. The smallest absolute Gasteiger partial charge is 0.0319 e. The van der Waals surface area contributed by atoms with E-state index in [1.165, 1.54) is 25.7 Å². The summed E-state index contributed by atoms with van der Waals surface area (Å²) in [7, 11) is 0.